The summed E-state index contributed by atoms with van der Waals surface area (Å²) in [5, 5.41) is 12.6. The van der Waals surface area contributed by atoms with Gasteiger partial charge in [0.2, 0.25) is 0 Å². The molecule has 6 heteroatoms. The first-order valence-corrected chi connectivity index (χ1v) is 10.4. The van der Waals surface area contributed by atoms with E-state index in [0.29, 0.717) is 18.0 Å². The summed E-state index contributed by atoms with van der Waals surface area (Å²) < 4.78 is 5.40. The predicted molar refractivity (Wildman–Crippen MR) is 111 cm³/mol. The van der Waals surface area contributed by atoms with Gasteiger partial charge in [-0.1, -0.05) is 20.8 Å². The number of hydrogen-bond acceptors (Lipinski definition) is 5. The number of aromatic nitrogens is 1. The van der Waals surface area contributed by atoms with Crippen molar-refractivity contribution in [2.24, 2.45) is 5.92 Å². The van der Waals surface area contributed by atoms with E-state index in [1.54, 1.807) is 6.20 Å². The summed E-state index contributed by atoms with van der Waals surface area (Å²) in [6.45, 7) is 13.3. The fourth-order valence-corrected chi connectivity index (χ4v) is 4.05. The number of aryl methyl sites for hydroxylation is 1. The molecule has 0 spiro atoms. The smallest absolute Gasteiger partial charge is 0.407 e. The van der Waals surface area contributed by atoms with Crippen LogP contribution in [0.25, 0.3) is 0 Å². The van der Waals surface area contributed by atoms with Crippen LogP contribution in [-0.4, -0.2) is 35.8 Å². The zero-order valence-corrected chi connectivity index (χ0v) is 18.1. The van der Waals surface area contributed by atoms with Crippen molar-refractivity contribution in [1.82, 2.24) is 10.3 Å². The molecule has 0 unspecified atom stereocenters. The molecular formula is C22H34N4O2. The Labute approximate surface area is 169 Å². The Balaban J connectivity index is 0.00000136. The van der Waals surface area contributed by atoms with E-state index in [0.717, 1.165) is 43.6 Å². The molecule has 2 atom stereocenters. The van der Waals surface area contributed by atoms with Crippen LogP contribution >= 0.6 is 0 Å². The van der Waals surface area contributed by atoms with Crippen molar-refractivity contribution in [2.75, 3.05) is 18.0 Å². The number of nitrogens with one attached hydrogen (secondary N) is 1. The van der Waals surface area contributed by atoms with Crippen LogP contribution in [0.2, 0.25) is 0 Å². The minimum atomic E-state index is -0.510. The third-order valence-electron chi connectivity index (χ3n) is 4.90. The number of rotatable bonds is 2. The zero-order chi connectivity index (χ0) is 20.9. The van der Waals surface area contributed by atoms with Gasteiger partial charge in [0.1, 0.15) is 11.7 Å². The third-order valence-corrected chi connectivity index (χ3v) is 4.90. The van der Waals surface area contributed by atoms with E-state index in [-0.39, 0.29) is 12.1 Å². The molecule has 1 amide bonds. The topological polar surface area (TPSA) is 78.2 Å². The van der Waals surface area contributed by atoms with Crippen LogP contribution in [0.15, 0.2) is 6.20 Å². The molecule has 1 saturated heterocycles. The summed E-state index contributed by atoms with van der Waals surface area (Å²) in [4.78, 5) is 18.9. The predicted octanol–water partition coefficient (Wildman–Crippen LogP) is 4.21. The minimum Gasteiger partial charge on any atom is -0.444 e. The van der Waals surface area contributed by atoms with Crippen LogP contribution in [-0.2, 0) is 17.6 Å². The number of pyridine rings is 1. The minimum absolute atomic E-state index is 0.00496. The number of nitriles is 1. The van der Waals surface area contributed by atoms with Gasteiger partial charge in [-0.05, 0) is 57.9 Å². The summed E-state index contributed by atoms with van der Waals surface area (Å²) in [5.41, 5.74) is 3.49. The molecule has 2 heterocycles. The second-order valence-corrected chi connectivity index (χ2v) is 8.50. The summed E-state index contributed by atoms with van der Waals surface area (Å²) in [6, 6.07) is 2.31. The highest BCUT2D eigenvalue weighted by atomic mass is 16.6. The summed E-state index contributed by atoms with van der Waals surface area (Å²) in [7, 11) is 0. The summed E-state index contributed by atoms with van der Waals surface area (Å²) in [6.07, 6.45) is 5.28. The Morgan fingerprint density at radius 2 is 2.04 bits per heavy atom. The van der Waals surface area contributed by atoms with Crippen LogP contribution < -0.4 is 10.2 Å². The molecule has 2 aliphatic rings. The fraction of sp³-hybridized carbons (Fsp3) is 0.682. The van der Waals surface area contributed by atoms with Gasteiger partial charge >= 0.3 is 6.09 Å². The largest absolute Gasteiger partial charge is 0.444 e. The average molecular weight is 387 g/mol. The number of ether oxygens (including phenoxy) is 1. The van der Waals surface area contributed by atoms with E-state index >= 15 is 0 Å². The molecule has 28 heavy (non-hydrogen) atoms. The lowest BCUT2D eigenvalue weighted by atomic mass is 9.94. The van der Waals surface area contributed by atoms with Crippen molar-refractivity contribution in [2.45, 2.75) is 78.9 Å². The van der Waals surface area contributed by atoms with Gasteiger partial charge in [0.25, 0.3) is 0 Å². The second-order valence-electron chi connectivity index (χ2n) is 8.50. The van der Waals surface area contributed by atoms with Gasteiger partial charge in [0, 0.05) is 31.0 Å². The van der Waals surface area contributed by atoms with E-state index in [1.165, 1.54) is 5.56 Å². The van der Waals surface area contributed by atoms with Gasteiger partial charge in [0.15, 0.2) is 0 Å². The van der Waals surface area contributed by atoms with Crippen LogP contribution in [0, 0.1) is 17.2 Å². The van der Waals surface area contributed by atoms with Crippen LogP contribution in [0.1, 0.15) is 71.2 Å². The highest BCUT2D eigenvalue weighted by molar-refractivity contribution is 5.69. The lowest BCUT2D eigenvalue weighted by molar-refractivity contribution is 0.0495. The van der Waals surface area contributed by atoms with E-state index in [4.69, 9.17) is 4.74 Å². The molecule has 1 aromatic heterocycles. The molecule has 0 radical (unpaired) electrons. The highest BCUT2D eigenvalue weighted by Gasteiger charge is 2.31. The molecule has 1 aliphatic carbocycles. The monoisotopic (exact) mass is 386 g/mol. The normalized spacial score (nSPS) is 21.1. The Morgan fingerprint density at radius 1 is 1.32 bits per heavy atom. The molecule has 0 bridgehead atoms. The fourth-order valence-electron chi connectivity index (χ4n) is 4.05. The van der Waals surface area contributed by atoms with Gasteiger partial charge in [0.05, 0.1) is 11.3 Å². The third kappa shape index (κ3) is 5.37. The molecule has 154 valence electrons. The van der Waals surface area contributed by atoms with Crippen LogP contribution in [0.3, 0.4) is 0 Å². The molecule has 0 aromatic carbocycles. The maximum Gasteiger partial charge on any atom is 0.407 e. The van der Waals surface area contributed by atoms with Gasteiger partial charge in [-0.3, -0.25) is 4.98 Å². The first-order valence-electron chi connectivity index (χ1n) is 10.4. The molecule has 0 saturated carbocycles. The number of fused-ring (bicyclic) bond motifs is 1. The van der Waals surface area contributed by atoms with E-state index in [9.17, 15) is 10.1 Å². The van der Waals surface area contributed by atoms with Crippen LogP contribution in [0.4, 0.5) is 10.5 Å². The zero-order valence-electron chi connectivity index (χ0n) is 18.1. The molecular weight excluding hydrogens is 352 g/mol. The summed E-state index contributed by atoms with van der Waals surface area (Å²) in [5.74, 6) is 0.417. The quantitative estimate of drug-likeness (QED) is 0.824. The van der Waals surface area contributed by atoms with Gasteiger partial charge < -0.3 is 15.0 Å². The average Bonchev–Trinajstić information content (AvgIpc) is 3.08. The van der Waals surface area contributed by atoms with Crippen molar-refractivity contribution in [3.05, 3.63) is 23.0 Å². The molecule has 1 N–H and O–H groups in total. The van der Waals surface area contributed by atoms with Crippen molar-refractivity contribution < 1.29 is 9.53 Å². The Morgan fingerprint density at radius 3 is 2.68 bits per heavy atom. The molecule has 3 rings (SSSR count). The number of carbonyl (C=O) groups is 1. The Bertz CT molecular complexity index is 733. The maximum atomic E-state index is 12.2. The lowest BCUT2D eigenvalue weighted by Crippen LogP contribution is -2.51. The Hall–Kier alpha value is -2.29. The number of amides is 1. The van der Waals surface area contributed by atoms with Crippen molar-refractivity contribution in [1.29, 1.82) is 5.26 Å². The first kappa shape index (κ1) is 22.0. The molecule has 1 fully saturated rings. The number of anilines is 1. The highest BCUT2D eigenvalue weighted by Crippen LogP contribution is 2.35. The van der Waals surface area contributed by atoms with E-state index in [2.05, 4.69) is 28.2 Å². The summed E-state index contributed by atoms with van der Waals surface area (Å²) >= 11 is 0. The number of nitrogens with zero attached hydrogens (tertiary/aromatic N) is 3. The molecule has 6 nitrogen and oxygen atoms in total. The van der Waals surface area contributed by atoms with Gasteiger partial charge in [-0.15, -0.1) is 0 Å². The number of carbonyl (C=O) groups excluding carboxylic acids is 1. The molecule has 1 aromatic rings. The van der Waals surface area contributed by atoms with Gasteiger partial charge in [-0.2, -0.15) is 5.26 Å². The molecule has 1 aliphatic heterocycles. The van der Waals surface area contributed by atoms with Crippen molar-refractivity contribution in [3.63, 3.8) is 0 Å². The lowest BCUT2D eigenvalue weighted by Gasteiger charge is -2.39. The Kier molecular flexibility index (Phi) is 7.29. The number of piperidine rings is 1. The number of hydrogen-bond donors (Lipinski definition) is 1. The number of alkyl carbamates (subject to hydrolysis) is 1. The second kappa shape index (κ2) is 9.27. The van der Waals surface area contributed by atoms with E-state index < -0.39 is 5.60 Å². The SMILES string of the molecule is CC.C[C@@H]1C[C@H](NC(=O)OC(C)(C)C)CN(c2c(C#N)cnc3c2CCC3)C1. The van der Waals surface area contributed by atoms with Crippen molar-refractivity contribution in [3.8, 4) is 6.07 Å². The maximum absolute atomic E-state index is 12.2. The van der Waals surface area contributed by atoms with Crippen LogP contribution in [0.5, 0.6) is 0 Å². The van der Waals surface area contributed by atoms with E-state index in [1.807, 2.05) is 34.6 Å². The standard InChI is InChI=1S/C20H28N4O2.C2H6/c1-13-8-15(23-19(25)26-20(2,3)4)12-24(11-13)18-14(9-21)10-22-17-7-5-6-16(17)18;1-2/h10,13,15H,5-8,11-12H2,1-4H3,(H,23,25);1-2H3/t13-,15+;/m1./s1. The van der Waals surface area contributed by atoms with Gasteiger partial charge in [-0.25, -0.2) is 4.79 Å². The first-order chi connectivity index (χ1) is 13.3. The van der Waals surface area contributed by atoms with Crippen molar-refractivity contribution >= 4 is 11.8 Å².